The quantitative estimate of drug-likeness (QED) is 0.373. The number of benzene rings is 1. The molecule has 0 fully saturated rings. The standard InChI is InChI=1S/C13H13NO.3C2H6/c1-3-11(10-14-4-2)13(15)12-8-6-5-7-9-12;3*1-2/h3-10H,2H2,1H3;3*1-2H3/b11-3+,14-10?;;;. The van der Waals surface area contributed by atoms with Crippen LogP contribution in [-0.2, 0) is 0 Å². The molecule has 1 aromatic carbocycles. The number of aliphatic imine (C=N–C) groups is 1. The van der Waals surface area contributed by atoms with E-state index in [0.29, 0.717) is 11.1 Å². The third kappa shape index (κ3) is 11.6. The Morgan fingerprint density at radius 2 is 1.48 bits per heavy atom. The maximum absolute atomic E-state index is 11.9. The van der Waals surface area contributed by atoms with Gasteiger partial charge in [-0.25, -0.2) is 0 Å². The van der Waals surface area contributed by atoms with Crippen molar-refractivity contribution in [1.29, 1.82) is 0 Å². The van der Waals surface area contributed by atoms with Gasteiger partial charge in [0, 0.05) is 23.6 Å². The molecule has 0 aliphatic carbocycles. The van der Waals surface area contributed by atoms with Gasteiger partial charge in [0.2, 0.25) is 0 Å². The molecule has 0 bridgehead atoms. The number of rotatable bonds is 4. The fourth-order valence-corrected chi connectivity index (χ4v) is 1.15. The van der Waals surface area contributed by atoms with Gasteiger partial charge in [-0.15, -0.1) is 0 Å². The number of carbonyl (C=O) groups excluding carboxylic acids is 1. The third-order valence-corrected chi connectivity index (χ3v) is 1.93. The van der Waals surface area contributed by atoms with Crippen LogP contribution in [0.1, 0.15) is 58.8 Å². The van der Waals surface area contributed by atoms with Crippen LogP contribution in [0, 0.1) is 0 Å². The van der Waals surface area contributed by atoms with Crippen molar-refractivity contribution in [2.24, 2.45) is 4.99 Å². The Kier molecular flexibility index (Phi) is 23.3. The molecule has 0 amide bonds. The van der Waals surface area contributed by atoms with Crippen molar-refractivity contribution in [2.75, 3.05) is 0 Å². The van der Waals surface area contributed by atoms with E-state index < -0.39 is 0 Å². The average Bonchev–Trinajstić information content (AvgIpc) is 2.61. The molecule has 0 saturated heterocycles. The van der Waals surface area contributed by atoms with Gasteiger partial charge < -0.3 is 0 Å². The molecule has 2 heteroatoms. The van der Waals surface area contributed by atoms with Crippen molar-refractivity contribution in [3.63, 3.8) is 0 Å². The zero-order chi connectivity index (χ0) is 17.1. The molecule has 0 atom stereocenters. The normalized spacial score (nSPS) is 9.19. The van der Waals surface area contributed by atoms with Crippen LogP contribution in [0.15, 0.2) is 59.8 Å². The van der Waals surface area contributed by atoms with E-state index in [1.807, 2.05) is 66.7 Å². The van der Waals surface area contributed by atoms with E-state index in [1.165, 1.54) is 12.4 Å². The van der Waals surface area contributed by atoms with Gasteiger partial charge in [0.05, 0.1) is 0 Å². The number of ketones is 1. The first kappa shape index (κ1) is 24.1. The van der Waals surface area contributed by atoms with Crippen molar-refractivity contribution >= 4 is 12.0 Å². The largest absolute Gasteiger partial charge is 0.289 e. The molecule has 21 heavy (non-hydrogen) atoms. The number of hydrogen-bond acceptors (Lipinski definition) is 2. The van der Waals surface area contributed by atoms with Crippen LogP contribution in [0.3, 0.4) is 0 Å². The van der Waals surface area contributed by atoms with Crippen molar-refractivity contribution in [2.45, 2.75) is 48.5 Å². The molecule has 0 N–H and O–H groups in total. The van der Waals surface area contributed by atoms with Gasteiger partial charge in [-0.3, -0.25) is 9.79 Å². The molecule has 0 radical (unpaired) electrons. The zero-order valence-corrected chi connectivity index (χ0v) is 14.7. The fourth-order valence-electron chi connectivity index (χ4n) is 1.15. The van der Waals surface area contributed by atoms with Crippen LogP contribution in [0.5, 0.6) is 0 Å². The van der Waals surface area contributed by atoms with Crippen LogP contribution in [0.2, 0.25) is 0 Å². The molecular formula is C19H31NO. The summed E-state index contributed by atoms with van der Waals surface area (Å²) in [6.45, 7) is 17.3. The average molecular weight is 289 g/mol. The van der Waals surface area contributed by atoms with Crippen molar-refractivity contribution in [1.82, 2.24) is 0 Å². The molecular weight excluding hydrogens is 258 g/mol. The topological polar surface area (TPSA) is 29.4 Å². The second kappa shape index (κ2) is 20.4. The molecule has 0 saturated carbocycles. The lowest BCUT2D eigenvalue weighted by atomic mass is 10.0. The molecule has 118 valence electrons. The summed E-state index contributed by atoms with van der Waals surface area (Å²) in [5, 5.41) is 0. The highest BCUT2D eigenvalue weighted by atomic mass is 16.1. The van der Waals surface area contributed by atoms with E-state index in [0.717, 1.165) is 0 Å². The van der Waals surface area contributed by atoms with E-state index in [4.69, 9.17) is 0 Å². The highest BCUT2D eigenvalue weighted by Crippen LogP contribution is 2.06. The van der Waals surface area contributed by atoms with Gasteiger partial charge in [-0.2, -0.15) is 0 Å². The highest BCUT2D eigenvalue weighted by molar-refractivity contribution is 6.21. The predicted octanol–water partition coefficient (Wildman–Crippen LogP) is 6.11. The number of Topliss-reactive ketones (excluding diaryl/α,β-unsaturated/α-hetero) is 1. The Hall–Kier alpha value is -1.96. The van der Waals surface area contributed by atoms with Crippen molar-refractivity contribution in [3.8, 4) is 0 Å². The Morgan fingerprint density at radius 3 is 1.86 bits per heavy atom. The first-order valence-electron chi connectivity index (χ1n) is 7.69. The molecule has 0 heterocycles. The van der Waals surface area contributed by atoms with E-state index in [-0.39, 0.29) is 5.78 Å². The lowest BCUT2D eigenvalue weighted by molar-refractivity contribution is 0.104. The Morgan fingerprint density at radius 1 is 1.00 bits per heavy atom. The summed E-state index contributed by atoms with van der Waals surface area (Å²) in [7, 11) is 0. The van der Waals surface area contributed by atoms with E-state index in [1.54, 1.807) is 18.2 Å². The molecule has 0 aliphatic heterocycles. The van der Waals surface area contributed by atoms with Crippen LogP contribution >= 0.6 is 0 Å². The summed E-state index contributed by atoms with van der Waals surface area (Å²) < 4.78 is 0. The SMILES string of the molecule is C=CN=C/C(=C\C)C(=O)c1ccccc1.CC.CC.CC. The second-order valence-electron chi connectivity index (χ2n) is 2.90. The summed E-state index contributed by atoms with van der Waals surface area (Å²) in [5.74, 6) is -0.0244. The molecule has 0 aliphatic rings. The molecule has 2 nitrogen and oxygen atoms in total. The lowest BCUT2D eigenvalue weighted by Gasteiger charge is -1.99. The summed E-state index contributed by atoms with van der Waals surface area (Å²) >= 11 is 0. The Labute approximate surface area is 131 Å². The monoisotopic (exact) mass is 289 g/mol. The molecule has 0 spiro atoms. The van der Waals surface area contributed by atoms with Gasteiger partial charge in [-0.05, 0) is 6.92 Å². The van der Waals surface area contributed by atoms with E-state index >= 15 is 0 Å². The van der Waals surface area contributed by atoms with Gasteiger partial charge >= 0.3 is 0 Å². The number of nitrogens with zero attached hydrogens (tertiary/aromatic N) is 1. The smallest absolute Gasteiger partial charge is 0.194 e. The maximum Gasteiger partial charge on any atom is 0.194 e. The third-order valence-electron chi connectivity index (χ3n) is 1.93. The van der Waals surface area contributed by atoms with Crippen LogP contribution in [0.25, 0.3) is 0 Å². The second-order valence-corrected chi connectivity index (χ2v) is 2.90. The number of allylic oxidation sites excluding steroid dienone is 2. The summed E-state index contributed by atoms with van der Waals surface area (Å²) in [5.41, 5.74) is 1.24. The minimum Gasteiger partial charge on any atom is -0.289 e. The fraction of sp³-hybridized carbons (Fsp3) is 0.368. The maximum atomic E-state index is 11.9. The van der Waals surface area contributed by atoms with Gasteiger partial charge in [-0.1, -0.05) is 84.5 Å². The summed E-state index contributed by atoms with van der Waals surface area (Å²) in [6, 6.07) is 9.13. The first-order valence-corrected chi connectivity index (χ1v) is 7.69. The lowest BCUT2D eigenvalue weighted by Crippen LogP contribution is -2.03. The molecule has 0 aromatic heterocycles. The summed E-state index contributed by atoms with van der Waals surface area (Å²) in [4.78, 5) is 15.7. The number of carbonyl (C=O) groups is 1. The molecule has 0 unspecified atom stereocenters. The highest BCUT2D eigenvalue weighted by Gasteiger charge is 2.07. The van der Waals surface area contributed by atoms with E-state index in [2.05, 4.69) is 11.6 Å². The van der Waals surface area contributed by atoms with Crippen LogP contribution in [0.4, 0.5) is 0 Å². The van der Waals surface area contributed by atoms with Crippen LogP contribution in [-0.4, -0.2) is 12.0 Å². The van der Waals surface area contributed by atoms with Crippen molar-refractivity contribution < 1.29 is 4.79 Å². The van der Waals surface area contributed by atoms with Crippen molar-refractivity contribution in [3.05, 3.63) is 60.3 Å². The molecule has 1 aromatic rings. The van der Waals surface area contributed by atoms with E-state index in [9.17, 15) is 4.79 Å². The van der Waals surface area contributed by atoms with Gasteiger partial charge in [0.1, 0.15) is 0 Å². The van der Waals surface area contributed by atoms with Crippen LogP contribution < -0.4 is 0 Å². The number of hydrogen-bond donors (Lipinski definition) is 0. The minimum absolute atomic E-state index is 0.0244. The van der Waals surface area contributed by atoms with Gasteiger partial charge in [0.15, 0.2) is 5.78 Å². The Balaban J connectivity index is -0.000000478. The minimum atomic E-state index is -0.0244. The predicted molar refractivity (Wildman–Crippen MR) is 97.3 cm³/mol. The zero-order valence-electron chi connectivity index (χ0n) is 14.7. The van der Waals surface area contributed by atoms with Gasteiger partial charge in [0.25, 0.3) is 0 Å². The first-order chi connectivity index (χ1) is 10.3. The molecule has 1 rings (SSSR count). The Bertz CT molecular complexity index is 403. The summed E-state index contributed by atoms with van der Waals surface area (Å²) in [6.07, 6.45) is 4.66.